The van der Waals surface area contributed by atoms with Gasteiger partial charge in [-0.25, -0.2) is 9.78 Å². The van der Waals surface area contributed by atoms with Crippen molar-refractivity contribution in [1.29, 1.82) is 0 Å². The lowest BCUT2D eigenvalue weighted by Gasteiger charge is -2.29. The SMILES string of the molecule is CCOC(=O)[C@@H](OC(C)(C)C)c1c(C)cc2nc(-c3ccc4c(Br)nn(C)c4c3)sc2c1-c1ccc(Cl)cc1. The van der Waals surface area contributed by atoms with E-state index in [1.807, 2.05) is 69.8 Å². The molecule has 202 valence electrons. The van der Waals surface area contributed by atoms with Crippen LogP contribution in [0, 0.1) is 6.92 Å². The number of fused-ring (bicyclic) bond motifs is 2. The Kier molecular flexibility index (Phi) is 7.59. The molecule has 0 aliphatic carbocycles. The Bertz CT molecular complexity index is 1700. The van der Waals surface area contributed by atoms with Crippen LogP contribution in [-0.2, 0) is 21.3 Å². The summed E-state index contributed by atoms with van der Waals surface area (Å²) in [7, 11) is 1.92. The van der Waals surface area contributed by atoms with Crippen molar-refractivity contribution in [3.05, 3.63) is 69.3 Å². The van der Waals surface area contributed by atoms with Crippen molar-refractivity contribution >= 4 is 66.0 Å². The Balaban J connectivity index is 1.78. The van der Waals surface area contributed by atoms with Gasteiger partial charge in [-0.2, -0.15) is 5.10 Å². The third-order valence-electron chi connectivity index (χ3n) is 6.35. The van der Waals surface area contributed by atoms with Gasteiger partial charge >= 0.3 is 5.97 Å². The fraction of sp³-hybridized carbons (Fsp3) is 0.300. The summed E-state index contributed by atoms with van der Waals surface area (Å²) in [5.41, 5.74) is 5.78. The van der Waals surface area contributed by atoms with Crippen LogP contribution in [0.4, 0.5) is 0 Å². The Morgan fingerprint density at radius 2 is 1.82 bits per heavy atom. The number of aromatic nitrogens is 3. The van der Waals surface area contributed by atoms with Crippen molar-refractivity contribution in [2.24, 2.45) is 7.05 Å². The monoisotopic (exact) mass is 625 g/mol. The average Bonchev–Trinajstić information content (AvgIpc) is 3.42. The lowest BCUT2D eigenvalue weighted by atomic mass is 9.91. The third-order valence-corrected chi connectivity index (χ3v) is 8.32. The highest BCUT2D eigenvalue weighted by Gasteiger charge is 2.33. The number of ether oxygens (including phenoxy) is 2. The molecule has 1 atom stereocenters. The molecular weight excluding hydrogens is 598 g/mol. The topological polar surface area (TPSA) is 66.2 Å². The smallest absolute Gasteiger partial charge is 0.339 e. The second-order valence-electron chi connectivity index (χ2n) is 10.4. The number of rotatable bonds is 6. The molecule has 5 rings (SSSR count). The summed E-state index contributed by atoms with van der Waals surface area (Å²) in [6.45, 7) is 9.87. The predicted octanol–water partition coefficient (Wildman–Crippen LogP) is 8.66. The molecule has 39 heavy (non-hydrogen) atoms. The minimum absolute atomic E-state index is 0.262. The lowest BCUT2D eigenvalue weighted by Crippen LogP contribution is -2.29. The second-order valence-corrected chi connectivity index (χ2v) is 12.6. The highest BCUT2D eigenvalue weighted by Crippen LogP contribution is 2.45. The van der Waals surface area contributed by atoms with E-state index in [-0.39, 0.29) is 6.61 Å². The summed E-state index contributed by atoms with van der Waals surface area (Å²) in [4.78, 5) is 18.4. The van der Waals surface area contributed by atoms with E-state index in [0.29, 0.717) is 5.02 Å². The van der Waals surface area contributed by atoms with Crippen LogP contribution in [0.5, 0.6) is 0 Å². The van der Waals surface area contributed by atoms with E-state index in [4.69, 9.17) is 26.1 Å². The van der Waals surface area contributed by atoms with Gasteiger partial charge in [0.1, 0.15) is 9.61 Å². The normalized spacial score (nSPS) is 12.8. The summed E-state index contributed by atoms with van der Waals surface area (Å²) < 4.78 is 15.5. The zero-order valence-corrected chi connectivity index (χ0v) is 25.8. The molecule has 0 amide bonds. The first-order chi connectivity index (χ1) is 18.5. The number of hydrogen-bond donors (Lipinski definition) is 0. The number of thiazole rings is 1. The maximum Gasteiger partial charge on any atom is 0.339 e. The third kappa shape index (κ3) is 5.48. The van der Waals surface area contributed by atoms with Crippen molar-refractivity contribution in [2.75, 3.05) is 6.61 Å². The van der Waals surface area contributed by atoms with Gasteiger partial charge < -0.3 is 9.47 Å². The Hall–Kier alpha value is -2.78. The Labute approximate surface area is 245 Å². The van der Waals surface area contributed by atoms with Gasteiger partial charge in [0.25, 0.3) is 0 Å². The standard InChI is InChI=1S/C30H29BrClN3O3S/c1-7-37-29(36)25(38-30(3,4)5)23-16(2)14-21-26(24(23)17-8-11-19(32)12-9-17)39-28(33-21)18-10-13-20-22(15-18)35(6)34-27(20)31/h8-15,25H,7H2,1-6H3/t25-/m0/s1. The molecule has 9 heteroatoms. The molecule has 0 bridgehead atoms. The van der Waals surface area contributed by atoms with E-state index >= 15 is 0 Å². The van der Waals surface area contributed by atoms with E-state index in [0.717, 1.165) is 58.5 Å². The van der Waals surface area contributed by atoms with Crippen molar-refractivity contribution in [3.8, 4) is 21.7 Å². The number of benzene rings is 3. The Morgan fingerprint density at radius 3 is 2.49 bits per heavy atom. The number of nitrogens with zero attached hydrogens (tertiary/aromatic N) is 3. The van der Waals surface area contributed by atoms with Crippen LogP contribution in [0.25, 0.3) is 42.8 Å². The fourth-order valence-corrected chi connectivity index (χ4v) is 6.54. The summed E-state index contributed by atoms with van der Waals surface area (Å²) in [5.74, 6) is -0.415. The highest BCUT2D eigenvalue weighted by molar-refractivity contribution is 9.10. The molecule has 0 unspecified atom stereocenters. The molecule has 0 N–H and O–H groups in total. The fourth-order valence-electron chi connectivity index (χ4n) is 4.72. The number of aryl methyl sites for hydroxylation is 2. The molecule has 5 aromatic rings. The molecule has 6 nitrogen and oxygen atoms in total. The molecule has 0 radical (unpaired) electrons. The second kappa shape index (κ2) is 10.7. The minimum atomic E-state index is -0.909. The molecule has 2 aromatic heterocycles. The quantitative estimate of drug-likeness (QED) is 0.177. The van der Waals surface area contributed by atoms with Gasteiger partial charge in [-0.15, -0.1) is 11.3 Å². The highest BCUT2D eigenvalue weighted by atomic mass is 79.9. The van der Waals surface area contributed by atoms with E-state index in [1.165, 1.54) is 0 Å². The number of halogens is 2. The van der Waals surface area contributed by atoms with E-state index in [1.54, 1.807) is 18.3 Å². The van der Waals surface area contributed by atoms with Gasteiger partial charge in [0.15, 0.2) is 6.10 Å². The molecule has 0 fully saturated rings. The first-order valence-corrected chi connectivity index (χ1v) is 14.6. The number of carbonyl (C=O) groups excluding carboxylic acids is 1. The molecule has 0 spiro atoms. The maximum atomic E-state index is 13.3. The van der Waals surface area contributed by atoms with Gasteiger partial charge in [0.2, 0.25) is 0 Å². The molecular formula is C30H29BrClN3O3S. The molecule has 0 aliphatic heterocycles. The predicted molar refractivity (Wildman–Crippen MR) is 162 cm³/mol. The zero-order valence-electron chi connectivity index (χ0n) is 22.6. The van der Waals surface area contributed by atoms with Gasteiger partial charge in [-0.3, -0.25) is 4.68 Å². The molecule has 0 saturated carbocycles. The summed E-state index contributed by atoms with van der Waals surface area (Å²) in [6.07, 6.45) is -0.909. The van der Waals surface area contributed by atoms with Crippen LogP contribution < -0.4 is 0 Å². The van der Waals surface area contributed by atoms with Gasteiger partial charge in [-0.05, 0) is 92.0 Å². The van der Waals surface area contributed by atoms with E-state index < -0.39 is 17.7 Å². The number of esters is 1. The zero-order chi connectivity index (χ0) is 28.1. The average molecular weight is 627 g/mol. The van der Waals surface area contributed by atoms with Crippen molar-refractivity contribution in [1.82, 2.24) is 14.8 Å². The van der Waals surface area contributed by atoms with Crippen molar-refractivity contribution in [2.45, 2.75) is 46.3 Å². The lowest BCUT2D eigenvalue weighted by molar-refractivity contribution is -0.166. The first-order valence-electron chi connectivity index (χ1n) is 12.6. The largest absolute Gasteiger partial charge is 0.464 e. The first kappa shape index (κ1) is 27.8. The van der Waals surface area contributed by atoms with E-state index in [9.17, 15) is 4.79 Å². The van der Waals surface area contributed by atoms with Gasteiger partial charge in [-0.1, -0.05) is 29.8 Å². The summed E-state index contributed by atoms with van der Waals surface area (Å²) >= 11 is 11.4. The molecule has 0 saturated heterocycles. The summed E-state index contributed by atoms with van der Waals surface area (Å²) in [6, 6.07) is 15.9. The minimum Gasteiger partial charge on any atom is -0.464 e. The molecule has 2 heterocycles. The van der Waals surface area contributed by atoms with Crippen LogP contribution in [0.15, 0.2) is 53.1 Å². The Morgan fingerprint density at radius 1 is 1.13 bits per heavy atom. The maximum absolute atomic E-state index is 13.3. The van der Waals surface area contributed by atoms with Crippen molar-refractivity contribution < 1.29 is 14.3 Å². The van der Waals surface area contributed by atoms with Gasteiger partial charge in [0.05, 0.1) is 27.9 Å². The van der Waals surface area contributed by atoms with E-state index in [2.05, 4.69) is 39.2 Å². The van der Waals surface area contributed by atoms with Crippen molar-refractivity contribution in [3.63, 3.8) is 0 Å². The number of carbonyl (C=O) groups is 1. The van der Waals surface area contributed by atoms with Crippen LogP contribution in [0.2, 0.25) is 5.02 Å². The molecule has 0 aliphatic rings. The van der Waals surface area contributed by atoms with Crippen LogP contribution in [-0.4, -0.2) is 32.9 Å². The van der Waals surface area contributed by atoms with Gasteiger partial charge in [0, 0.05) is 34.1 Å². The molecule has 3 aromatic carbocycles. The van der Waals surface area contributed by atoms with Crippen LogP contribution >= 0.6 is 38.9 Å². The van der Waals surface area contributed by atoms with Crippen LogP contribution in [0.1, 0.15) is 44.9 Å². The van der Waals surface area contributed by atoms with Crippen LogP contribution in [0.3, 0.4) is 0 Å². The number of hydrogen-bond acceptors (Lipinski definition) is 6. The summed E-state index contributed by atoms with van der Waals surface area (Å²) in [5, 5.41) is 7.03.